The average Bonchev–Trinajstić information content (AvgIpc) is 2.71. The molecule has 172 valence electrons. The molecule has 0 aliphatic carbocycles. The normalized spacial score (nSPS) is 12.8. The fourth-order valence-electron chi connectivity index (χ4n) is 2.67. The van der Waals surface area contributed by atoms with Crippen LogP contribution < -0.4 is 10.6 Å². The summed E-state index contributed by atoms with van der Waals surface area (Å²) in [6.45, 7) is 10.5. The quantitative estimate of drug-likeness (QED) is 0.262. The van der Waals surface area contributed by atoms with Gasteiger partial charge in [-0.1, -0.05) is 53.4 Å². The van der Waals surface area contributed by atoms with E-state index in [1.165, 1.54) is 38.5 Å². The van der Waals surface area contributed by atoms with Gasteiger partial charge in [0.25, 0.3) is 0 Å². The third-order valence-electron chi connectivity index (χ3n) is 4.42. The van der Waals surface area contributed by atoms with Gasteiger partial charge in [-0.05, 0) is 44.9 Å². The highest BCUT2D eigenvalue weighted by Crippen LogP contribution is 2.13. The summed E-state index contributed by atoms with van der Waals surface area (Å²) in [5, 5.41) is 6.36. The Labute approximate surface area is 186 Å². The van der Waals surface area contributed by atoms with Crippen molar-refractivity contribution in [1.29, 1.82) is 0 Å². The number of likely N-dealkylation sites (N-methyl/N-ethyl adjacent to an activating group) is 2. The van der Waals surface area contributed by atoms with Crippen LogP contribution in [-0.2, 0) is 9.59 Å². The Hall–Kier alpha value is -0.0400. The van der Waals surface area contributed by atoms with Crippen LogP contribution in [-0.4, -0.2) is 60.3 Å². The van der Waals surface area contributed by atoms with Gasteiger partial charge in [0.15, 0.2) is 0 Å². The minimum atomic E-state index is 0. The number of rotatable bonds is 19. The Balaban J connectivity index is -0.000000817. The number of hydrogen-bond donors (Lipinski definition) is 2. The minimum absolute atomic E-state index is 0. The first-order valence-corrected chi connectivity index (χ1v) is 13.5. The summed E-state index contributed by atoms with van der Waals surface area (Å²) in [4.78, 5) is 23.1. The molecule has 4 nitrogen and oxygen atoms in total. The number of carbonyl (C=O) groups is 2. The van der Waals surface area contributed by atoms with Crippen LogP contribution in [0.4, 0.5) is 0 Å². The molecule has 0 saturated carbocycles. The van der Waals surface area contributed by atoms with Crippen molar-refractivity contribution in [3.05, 3.63) is 0 Å². The van der Waals surface area contributed by atoms with Crippen molar-refractivity contribution >= 4 is 35.1 Å². The molecule has 0 aliphatic rings. The van der Waals surface area contributed by atoms with Gasteiger partial charge in [-0.3, -0.25) is 9.59 Å². The molecule has 0 fully saturated rings. The van der Waals surface area contributed by atoms with Gasteiger partial charge in [-0.2, -0.15) is 23.5 Å². The smallest absolute Gasteiger partial charge is 0.150 e. The molecule has 28 heavy (non-hydrogen) atoms. The second-order valence-corrected chi connectivity index (χ2v) is 8.95. The second-order valence-electron chi connectivity index (χ2n) is 6.65. The Morgan fingerprint density at radius 3 is 1.71 bits per heavy atom. The van der Waals surface area contributed by atoms with E-state index < -0.39 is 0 Å². The van der Waals surface area contributed by atoms with Gasteiger partial charge in [0.1, 0.15) is 11.6 Å². The molecule has 0 spiro atoms. The Bertz CT molecular complexity index is 367. The molecule has 2 unspecified atom stereocenters. The summed E-state index contributed by atoms with van der Waals surface area (Å²) in [7, 11) is 1.87. The SMILES string of the molecule is CC.CCNC(CSCCCCCCCCSCC(NC)C(=O)CC)C(C)=O.[HH].[HH]. The van der Waals surface area contributed by atoms with E-state index in [1.54, 1.807) is 6.92 Å². The lowest BCUT2D eigenvalue weighted by Gasteiger charge is -2.14. The molecule has 0 aromatic heterocycles. The van der Waals surface area contributed by atoms with Crippen LogP contribution in [0.25, 0.3) is 0 Å². The molecule has 0 aromatic carbocycles. The summed E-state index contributed by atoms with van der Waals surface area (Å²) in [6.07, 6.45) is 8.31. The highest BCUT2D eigenvalue weighted by atomic mass is 32.2. The monoisotopic (exact) mass is 438 g/mol. The van der Waals surface area contributed by atoms with E-state index in [0.29, 0.717) is 12.2 Å². The summed E-state index contributed by atoms with van der Waals surface area (Å²) in [5.41, 5.74) is 0. The van der Waals surface area contributed by atoms with Crippen molar-refractivity contribution in [1.82, 2.24) is 10.6 Å². The largest absolute Gasteiger partial charge is 0.310 e. The van der Waals surface area contributed by atoms with E-state index in [2.05, 4.69) is 10.6 Å². The summed E-state index contributed by atoms with van der Waals surface area (Å²) < 4.78 is 0. The van der Waals surface area contributed by atoms with Gasteiger partial charge in [0.2, 0.25) is 0 Å². The van der Waals surface area contributed by atoms with Crippen LogP contribution in [0.3, 0.4) is 0 Å². The van der Waals surface area contributed by atoms with Crippen molar-refractivity contribution in [2.75, 3.05) is 36.6 Å². The molecular weight excluding hydrogens is 388 g/mol. The number of ketones is 2. The van der Waals surface area contributed by atoms with E-state index in [1.807, 2.05) is 58.3 Å². The predicted octanol–water partition coefficient (Wildman–Crippen LogP) is 5.45. The number of Topliss-reactive ketones (excluding diaryl/α,β-unsaturated/α-hetero) is 2. The maximum atomic E-state index is 11.7. The second kappa shape index (κ2) is 23.2. The maximum Gasteiger partial charge on any atom is 0.150 e. The van der Waals surface area contributed by atoms with Crippen molar-refractivity contribution < 1.29 is 12.4 Å². The molecule has 0 saturated heterocycles. The Morgan fingerprint density at radius 1 is 0.857 bits per heavy atom. The fraction of sp³-hybridized carbons (Fsp3) is 0.909. The lowest BCUT2D eigenvalue weighted by Crippen LogP contribution is -2.37. The van der Waals surface area contributed by atoms with Crippen LogP contribution in [0.1, 0.15) is 82.4 Å². The molecule has 0 aromatic rings. The zero-order valence-electron chi connectivity index (χ0n) is 19.3. The third-order valence-corrected chi connectivity index (χ3v) is 6.72. The molecule has 0 radical (unpaired) electrons. The zero-order chi connectivity index (χ0) is 21.6. The minimum Gasteiger partial charge on any atom is -0.310 e. The first-order chi connectivity index (χ1) is 13.6. The van der Waals surface area contributed by atoms with E-state index in [9.17, 15) is 9.59 Å². The molecule has 6 heteroatoms. The van der Waals surface area contributed by atoms with Gasteiger partial charge in [-0.15, -0.1) is 0 Å². The fourth-order valence-corrected chi connectivity index (χ4v) is 4.99. The first kappa shape index (κ1) is 30.2. The summed E-state index contributed by atoms with van der Waals surface area (Å²) >= 11 is 3.79. The molecule has 0 rings (SSSR count). The van der Waals surface area contributed by atoms with Crippen molar-refractivity contribution in [2.24, 2.45) is 0 Å². The highest BCUT2D eigenvalue weighted by molar-refractivity contribution is 7.99. The van der Waals surface area contributed by atoms with Crippen LogP contribution >= 0.6 is 23.5 Å². The van der Waals surface area contributed by atoms with Crippen LogP contribution in [0.2, 0.25) is 0 Å². The van der Waals surface area contributed by atoms with E-state index in [4.69, 9.17) is 0 Å². The van der Waals surface area contributed by atoms with Crippen LogP contribution in [0, 0.1) is 0 Å². The molecule has 2 atom stereocenters. The van der Waals surface area contributed by atoms with E-state index >= 15 is 0 Å². The molecular formula is C22H50N2O2S2. The zero-order valence-corrected chi connectivity index (χ0v) is 20.9. The lowest BCUT2D eigenvalue weighted by atomic mass is 10.1. The number of unbranched alkanes of at least 4 members (excludes halogenated alkanes) is 5. The highest BCUT2D eigenvalue weighted by Gasteiger charge is 2.13. The maximum absolute atomic E-state index is 11.7. The Morgan fingerprint density at radius 2 is 1.32 bits per heavy atom. The van der Waals surface area contributed by atoms with Crippen molar-refractivity contribution in [2.45, 2.75) is 91.6 Å². The summed E-state index contributed by atoms with van der Waals surface area (Å²) in [5.74, 6) is 4.67. The number of thioether (sulfide) groups is 2. The molecule has 0 amide bonds. The molecule has 0 heterocycles. The third kappa shape index (κ3) is 18.0. The molecule has 2 N–H and O–H groups in total. The van der Waals surface area contributed by atoms with E-state index in [0.717, 1.165) is 29.6 Å². The van der Waals surface area contributed by atoms with Crippen molar-refractivity contribution in [3.8, 4) is 0 Å². The molecule has 0 bridgehead atoms. The van der Waals surface area contributed by atoms with Gasteiger partial charge in [0.05, 0.1) is 12.1 Å². The van der Waals surface area contributed by atoms with Crippen LogP contribution in [0.15, 0.2) is 0 Å². The van der Waals surface area contributed by atoms with Gasteiger partial charge >= 0.3 is 0 Å². The summed E-state index contributed by atoms with van der Waals surface area (Å²) in [6, 6.07) is 0.0512. The standard InChI is InChI=1S/C20H40N2O2S2.C2H6.2H2/c1-5-20(24)19(21-4)16-26-14-12-10-8-7-9-11-13-25-15-18(17(3)23)22-6-2;1-2;;/h18-19,21-22H,5-16H2,1-4H3;1-2H3;2*1H. The van der Waals surface area contributed by atoms with Crippen molar-refractivity contribution in [3.63, 3.8) is 0 Å². The lowest BCUT2D eigenvalue weighted by molar-refractivity contribution is -0.120. The average molecular weight is 439 g/mol. The van der Waals surface area contributed by atoms with Crippen LogP contribution in [0.5, 0.6) is 0 Å². The number of carbonyl (C=O) groups excluding carboxylic acids is 2. The molecule has 0 aliphatic heterocycles. The predicted molar refractivity (Wildman–Crippen MR) is 134 cm³/mol. The van der Waals surface area contributed by atoms with Gasteiger partial charge in [-0.25, -0.2) is 0 Å². The van der Waals surface area contributed by atoms with Gasteiger partial charge < -0.3 is 10.6 Å². The number of hydrogen-bond acceptors (Lipinski definition) is 6. The van der Waals surface area contributed by atoms with Gasteiger partial charge in [0, 0.05) is 20.8 Å². The first-order valence-electron chi connectivity index (χ1n) is 11.2. The Kier molecular flexibility index (Phi) is 25.0. The van der Waals surface area contributed by atoms with E-state index in [-0.39, 0.29) is 20.7 Å². The number of nitrogens with one attached hydrogen (secondary N) is 2. The topological polar surface area (TPSA) is 58.2 Å².